The van der Waals surface area contributed by atoms with Crippen LogP contribution in [0.5, 0.6) is 0 Å². The first-order valence-electron chi connectivity index (χ1n) is 6.85. The van der Waals surface area contributed by atoms with E-state index in [0.29, 0.717) is 22.3 Å². The molecule has 0 bridgehead atoms. The fourth-order valence-corrected chi connectivity index (χ4v) is 2.34. The van der Waals surface area contributed by atoms with Crippen LogP contribution in [0.15, 0.2) is 48.8 Å². The second kappa shape index (κ2) is 5.78. The molecule has 5 heteroatoms. The molecule has 3 aromatic rings. The van der Waals surface area contributed by atoms with Gasteiger partial charge in [0.05, 0.1) is 28.6 Å². The van der Waals surface area contributed by atoms with Crippen molar-refractivity contribution in [2.45, 2.75) is 13.0 Å². The molecule has 0 saturated heterocycles. The summed E-state index contributed by atoms with van der Waals surface area (Å²) in [5.41, 5.74) is 2.07. The Kier molecular flexibility index (Phi) is 3.67. The summed E-state index contributed by atoms with van der Waals surface area (Å²) in [6.45, 7) is 1.94. The number of nitrogens with one attached hydrogen (secondary N) is 1. The zero-order valence-corrected chi connectivity index (χ0v) is 11.9. The number of benzene rings is 2. The molecule has 1 heterocycles. The van der Waals surface area contributed by atoms with Crippen molar-refractivity contribution in [1.29, 1.82) is 5.26 Å². The number of hydrogen-bond donors (Lipinski definition) is 1. The third-order valence-electron chi connectivity index (χ3n) is 3.48. The van der Waals surface area contributed by atoms with E-state index in [1.165, 1.54) is 12.4 Å². The molecule has 0 aliphatic carbocycles. The Morgan fingerprint density at radius 3 is 2.82 bits per heavy atom. The third-order valence-corrected chi connectivity index (χ3v) is 3.48. The van der Waals surface area contributed by atoms with Gasteiger partial charge in [-0.3, -0.25) is 0 Å². The van der Waals surface area contributed by atoms with E-state index < -0.39 is 0 Å². The molecule has 1 N–H and O–H groups in total. The first-order chi connectivity index (χ1) is 10.7. The fraction of sp³-hybridized carbons (Fsp3) is 0.118. The van der Waals surface area contributed by atoms with E-state index in [1.54, 1.807) is 24.3 Å². The molecule has 3 rings (SSSR count). The van der Waals surface area contributed by atoms with Crippen LogP contribution in [0.1, 0.15) is 24.1 Å². The number of nitrogens with zero attached hydrogens (tertiary/aromatic N) is 3. The van der Waals surface area contributed by atoms with Crippen molar-refractivity contribution in [3.05, 3.63) is 65.7 Å². The molecular formula is C17H13FN4. The van der Waals surface area contributed by atoms with Gasteiger partial charge in [0.15, 0.2) is 0 Å². The summed E-state index contributed by atoms with van der Waals surface area (Å²) >= 11 is 0. The molecule has 22 heavy (non-hydrogen) atoms. The Balaban J connectivity index is 1.98. The van der Waals surface area contributed by atoms with Gasteiger partial charge in [-0.25, -0.2) is 14.4 Å². The summed E-state index contributed by atoms with van der Waals surface area (Å²) in [4.78, 5) is 8.22. The van der Waals surface area contributed by atoms with Gasteiger partial charge in [0.25, 0.3) is 0 Å². The van der Waals surface area contributed by atoms with Crippen molar-refractivity contribution in [1.82, 2.24) is 9.97 Å². The highest BCUT2D eigenvalue weighted by Gasteiger charge is 2.12. The Hall–Kier alpha value is -3.00. The van der Waals surface area contributed by atoms with Crippen molar-refractivity contribution in [3.8, 4) is 6.07 Å². The highest BCUT2D eigenvalue weighted by atomic mass is 19.1. The molecular weight excluding hydrogens is 279 g/mol. The molecule has 0 amide bonds. The van der Waals surface area contributed by atoms with Crippen molar-refractivity contribution in [3.63, 3.8) is 0 Å². The number of hydrogen-bond acceptors (Lipinski definition) is 4. The lowest BCUT2D eigenvalue weighted by atomic mass is 10.1. The number of aromatic nitrogens is 2. The molecule has 1 unspecified atom stereocenters. The summed E-state index contributed by atoms with van der Waals surface area (Å²) in [6.07, 6.45) is 1.41. The topological polar surface area (TPSA) is 61.6 Å². The lowest BCUT2D eigenvalue weighted by Crippen LogP contribution is -2.09. The van der Waals surface area contributed by atoms with E-state index in [1.807, 2.05) is 19.1 Å². The molecule has 4 nitrogen and oxygen atoms in total. The van der Waals surface area contributed by atoms with Gasteiger partial charge in [0.1, 0.15) is 18.0 Å². The van der Waals surface area contributed by atoms with Crippen LogP contribution in [0.25, 0.3) is 10.9 Å². The molecule has 0 aliphatic rings. The average molecular weight is 292 g/mol. The molecule has 0 radical (unpaired) electrons. The molecule has 0 saturated carbocycles. The van der Waals surface area contributed by atoms with Crippen molar-refractivity contribution >= 4 is 16.7 Å². The summed E-state index contributed by atoms with van der Waals surface area (Å²) in [6, 6.07) is 14.0. The lowest BCUT2D eigenvalue weighted by molar-refractivity contribution is 0.639. The van der Waals surface area contributed by atoms with Gasteiger partial charge < -0.3 is 5.32 Å². The summed E-state index contributed by atoms with van der Waals surface area (Å²) in [5, 5.41) is 12.5. The summed E-state index contributed by atoms with van der Waals surface area (Å²) in [7, 11) is 0. The van der Waals surface area contributed by atoms with Gasteiger partial charge in [-0.15, -0.1) is 0 Å². The molecule has 108 valence electrons. The monoisotopic (exact) mass is 292 g/mol. The van der Waals surface area contributed by atoms with E-state index in [-0.39, 0.29) is 11.9 Å². The Labute approximate surface area is 127 Å². The second-order valence-electron chi connectivity index (χ2n) is 4.96. The van der Waals surface area contributed by atoms with Gasteiger partial charge >= 0.3 is 0 Å². The molecule has 0 fully saturated rings. The van der Waals surface area contributed by atoms with Crippen LogP contribution < -0.4 is 5.32 Å². The largest absolute Gasteiger partial charge is 0.363 e. The first kappa shape index (κ1) is 14.0. The molecule has 1 aromatic heterocycles. The number of rotatable bonds is 3. The Morgan fingerprint density at radius 1 is 1.18 bits per heavy atom. The van der Waals surface area contributed by atoms with Gasteiger partial charge in [-0.2, -0.15) is 5.26 Å². The third kappa shape index (κ3) is 2.59. The minimum absolute atomic E-state index is 0.119. The smallest absolute Gasteiger partial charge is 0.140 e. The van der Waals surface area contributed by atoms with E-state index in [0.717, 1.165) is 5.56 Å². The van der Waals surface area contributed by atoms with Crippen molar-refractivity contribution in [2.75, 3.05) is 5.32 Å². The van der Waals surface area contributed by atoms with Crippen LogP contribution in [-0.4, -0.2) is 9.97 Å². The fourth-order valence-electron chi connectivity index (χ4n) is 2.34. The standard InChI is InChI=1S/C17H13FN4/c1-11(13-5-2-4-12(8-13)9-19)22-17-16-14(18)6-3-7-15(16)20-10-21-17/h2-8,10-11H,1H3,(H,20,21,22). The first-order valence-corrected chi connectivity index (χ1v) is 6.85. The Morgan fingerprint density at radius 2 is 2.00 bits per heavy atom. The van der Waals surface area contributed by atoms with Crippen LogP contribution in [-0.2, 0) is 0 Å². The second-order valence-corrected chi connectivity index (χ2v) is 4.96. The summed E-state index contributed by atoms with van der Waals surface area (Å²) in [5.74, 6) is 0.0801. The van der Waals surface area contributed by atoms with Crippen molar-refractivity contribution < 1.29 is 4.39 Å². The van der Waals surface area contributed by atoms with Crippen LogP contribution in [0, 0.1) is 17.1 Å². The minimum atomic E-state index is -0.362. The number of fused-ring (bicyclic) bond motifs is 1. The van der Waals surface area contributed by atoms with E-state index in [2.05, 4.69) is 21.4 Å². The highest BCUT2D eigenvalue weighted by molar-refractivity contribution is 5.89. The van der Waals surface area contributed by atoms with Gasteiger partial charge in [0.2, 0.25) is 0 Å². The van der Waals surface area contributed by atoms with E-state index in [9.17, 15) is 4.39 Å². The van der Waals surface area contributed by atoms with Gasteiger partial charge in [-0.1, -0.05) is 18.2 Å². The normalized spacial score (nSPS) is 11.9. The molecule has 1 atom stereocenters. The maximum Gasteiger partial charge on any atom is 0.140 e. The van der Waals surface area contributed by atoms with Crippen LogP contribution in [0.4, 0.5) is 10.2 Å². The maximum atomic E-state index is 14.1. The zero-order valence-electron chi connectivity index (χ0n) is 11.9. The van der Waals surface area contributed by atoms with Gasteiger partial charge in [-0.05, 0) is 36.8 Å². The molecule has 2 aromatic carbocycles. The number of nitriles is 1. The predicted octanol–water partition coefficient (Wildman–Crippen LogP) is 3.81. The molecule has 0 aliphatic heterocycles. The Bertz CT molecular complexity index is 865. The van der Waals surface area contributed by atoms with Crippen LogP contribution in [0.3, 0.4) is 0 Å². The zero-order chi connectivity index (χ0) is 15.5. The lowest BCUT2D eigenvalue weighted by Gasteiger charge is -2.16. The quantitative estimate of drug-likeness (QED) is 0.797. The van der Waals surface area contributed by atoms with Crippen LogP contribution in [0.2, 0.25) is 0 Å². The van der Waals surface area contributed by atoms with Crippen molar-refractivity contribution in [2.24, 2.45) is 0 Å². The van der Waals surface area contributed by atoms with E-state index >= 15 is 0 Å². The number of anilines is 1. The SMILES string of the molecule is CC(Nc1ncnc2cccc(F)c12)c1cccc(C#N)c1. The predicted molar refractivity (Wildman–Crippen MR) is 82.7 cm³/mol. The highest BCUT2D eigenvalue weighted by Crippen LogP contribution is 2.26. The minimum Gasteiger partial charge on any atom is -0.363 e. The average Bonchev–Trinajstić information content (AvgIpc) is 2.55. The van der Waals surface area contributed by atoms with Crippen LogP contribution >= 0.6 is 0 Å². The maximum absolute atomic E-state index is 14.1. The van der Waals surface area contributed by atoms with E-state index in [4.69, 9.17) is 5.26 Å². The summed E-state index contributed by atoms with van der Waals surface area (Å²) < 4.78 is 14.1. The molecule has 0 spiro atoms. The number of halogens is 1. The van der Waals surface area contributed by atoms with Gasteiger partial charge in [0, 0.05) is 0 Å².